The highest BCUT2D eigenvalue weighted by molar-refractivity contribution is 7.11. The summed E-state index contributed by atoms with van der Waals surface area (Å²) in [6.45, 7) is 0.440. The van der Waals surface area contributed by atoms with Gasteiger partial charge in [0.25, 0.3) is 5.92 Å². The molecule has 2 fully saturated rings. The second-order valence-corrected chi connectivity index (χ2v) is 12.1. The predicted octanol–water partition coefficient (Wildman–Crippen LogP) is 3.21. The van der Waals surface area contributed by atoms with E-state index in [-0.39, 0.29) is 48.7 Å². The number of aliphatic imine (C=N–C) groups is 1. The van der Waals surface area contributed by atoms with Gasteiger partial charge in [-0.2, -0.15) is 0 Å². The molecule has 1 aromatic heterocycles. The minimum absolute atomic E-state index is 0.0313. The second kappa shape index (κ2) is 11.8. The van der Waals surface area contributed by atoms with Gasteiger partial charge in [0.2, 0.25) is 0 Å². The number of halogens is 5. The first-order valence-corrected chi connectivity index (χ1v) is 14.5. The second-order valence-electron chi connectivity index (χ2n) is 10.8. The number of aliphatic carboxylic acids is 1. The van der Waals surface area contributed by atoms with E-state index in [1.165, 1.54) is 33.4 Å². The van der Waals surface area contributed by atoms with Crippen LogP contribution in [0.5, 0.6) is 0 Å². The monoisotopic (exact) mass is 645 g/mol. The molecule has 10 nitrogen and oxygen atoms in total. The van der Waals surface area contributed by atoms with Gasteiger partial charge in [-0.3, -0.25) is 14.8 Å². The van der Waals surface area contributed by atoms with Crippen LogP contribution in [0.3, 0.4) is 0 Å². The minimum atomic E-state index is -3.20. The van der Waals surface area contributed by atoms with Crippen molar-refractivity contribution in [1.29, 1.82) is 0 Å². The molecule has 3 N–H and O–H groups in total. The number of nitrogens with zero attached hydrogens (tertiary/aromatic N) is 4. The van der Waals surface area contributed by atoms with Gasteiger partial charge >= 0.3 is 11.9 Å². The largest absolute Gasteiger partial charge is 0.479 e. The van der Waals surface area contributed by atoms with Crippen molar-refractivity contribution < 1.29 is 42.1 Å². The van der Waals surface area contributed by atoms with E-state index < -0.39 is 64.8 Å². The molecule has 3 aliphatic heterocycles. The van der Waals surface area contributed by atoms with E-state index >= 15 is 8.78 Å². The fourth-order valence-electron chi connectivity index (χ4n) is 5.84. The average molecular weight is 646 g/mol. The quantitative estimate of drug-likeness (QED) is 0.214. The highest BCUT2D eigenvalue weighted by atomic mass is 35.5. The van der Waals surface area contributed by atoms with Crippen LogP contribution >= 0.6 is 22.9 Å². The molecule has 3 aliphatic rings. The maximum absolute atomic E-state index is 15.5. The van der Waals surface area contributed by atoms with Gasteiger partial charge in [-0.05, 0) is 25.8 Å². The number of nitrogens with one attached hydrogen (secondary N) is 1. The number of carbonyl (C=O) groups is 2. The topological polar surface area (TPSA) is 128 Å². The van der Waals surface area contributed by atoms with Crippen LogP contribution in [0.1, 0.15) is 36.4 Å². The summed E-state index contributed by atoms with van der Waals surface area (Å²) in [6, 6.07) is -1.16. The molecule has 5 rings (SSSR count). The first-order valence-electron chi connectivity index (χ1n) is 13.3. The van der Waals surface area contributed by atoms with Gasteiger partial charge in [0, 0.05) is 48.5 Å². The SMILES string of the molecule is COC(=O)C1=C(CN2CC(F)(F)[C@H]3[C@@H]2CCN3CC[C@](C)(O)C(=O)O)NC(c2nccs2)=N[C@H]1c1ccc(F)c(F)c1Cl. The van der Waals surface area contributed by atoms with Crippen LogP contribution in [0.4, 0.5) is 17.6 Å². The summed E-state index contributed by atoms with van der Waals surface area (Å²) in [6.07, 6.45) is 1.59. The number of alkyl halides is 2. The zero-order valence-electron chi connectivity index (χ0n) is 23.0. The third-order valence-electron chi connectivity index (χ3n) is 8.02. The van der Waals surface area contributed by atoms with Gasteiger partial charge in [-0.1, -0.05) is 17.7 Å². The smallest absolute Gasteiger partial charge is 0.338 e. The number of carboxylic acid groups (broad SMARTS) is 1. The fraction of sp³-hybridized carbons (Fsp3) is 0.481. The van der Waals surface area contributed by atoms with Crippen LogP contribution < -0.4 is 5.32 Å². The number of rotatable bonds is 9. The van der Waals surface area contributed by atoms with E-state index in [1.54, 1.807) is 5.38 Å². The number of aromatic nitrogens is 1. The zero-order valence-corrected chi connectivity index (χ0v) is 24.6. The summed E-state index contributed by atoms with van der Waals surface area (Å²) in [5.41, 5.74) is -2.06. The van der Waals surface area contributed by atoms with E-state index in [4.69, 9.17) is 16.3 Å². The lowest BCUT2D eigenvalue weighted by Crippen LogP contribution is -2.48. The number of carbonyl (C=O) groups excluding carboxylic acids is 1. The highest BCUT2D eigenvalue weighted by Crippen LogP contribution is 2.43. The standard InChI is InChI=1S/C27H28ClF4N5O5S/c1-26(41,25(39)40)6-9-36-8-5-16-21(36)27(31,32)12-37(16)11-15-17(24(38)42-2)20(13-3-4-14(29)19(30)18(13)28)35-22(34-15)23-33-7-10-43-23/h3-4,7,10,16,20-21,41H,5-6,8-9,11-12H2,1-2H3,(H,34,35)(H,39,40)/t16-,20-,21+,26-/m0/s1. The normalized spacial score (nSPS) is 25.2. The molecule has 232 valence electrons. The Balaban J connectivity index is 1.51. The van der Waals surface area contributed by atoms with Gasteiger partial charge in [-0.15, -0.1) is 11.3 Å². The van der Waals surface area contributed by atoms with E-state index in [2.05, 4.69) is 15.3 Å². The Morgan fingerprint density at radius 2 is 2.05 bits per heavy atom. The number of ether oxygens (including phenoxy) is 1. The Hall–Kier alpha value is -3.11. The average Bonchev–Trinajstić information content (AvgIpc) is 3.69. The summed E-state index contributed by atoms with van der Waals surface area (Å²) in [7, 11) is 1.12. The summed E-state index contributed by atoms with van der Waals surface area (Å²) in [5, 5.41) is 23.9. The zero-order chi connectivity index (χ0) is 31.3. The van der Waals surface area contributed by atoms with Crippen LogP contribution in [0.2, 0.25) is 5.02 Å². The summed E-state index contributed by atoms with van der Waals surface area (Å²) >= 11 is 7.39. The summed E-state index contributed by atoms with van der Waals surface area (Å²) in [4.78, 5) is 36.3. The van der Waals surface area contributed by atoms with Crippen molar-refractivity contribution in [3.05, 3.63) is 62.2 Å². The third kappa shape index (κ3) is 5.88. The molecule has 0 spiro atoms. The molecule has 0 aliphatic carbocycles. The number of esters is 1. The van der Waals surface area contributed by atoms with E-state index in [1.807, 2.05) is 0 Å². The Morgan fingerprint density at radius 1 is 1.30 bits per heavy atom. The Bertz CT molecular complexity index is 1490. The maximum Gasteiger partial charge on any atom is 0.338 e. The number of fused-ring (bicyclic) bond motifs is 1. The van der Waals surface area contributed by atoms with Crippen molar-refractivity contribution in [3.8, 4) is 0 Å². The Kier molecular flexibility index (Phi) is 8.57. The third-order valence-corrected chi connectivity index (χ3v) is 9.18. The molecule has 43 heavy (non-hydrogen) atoms. The molecule has 4 heterocycles. The number of hydrogen-bond donors (Lipinski definition) is 3. The number of thiazole rings is 1. The first kappa shape index (κ1) is 31.3. The van der Waals surface area contributed by atoms with Gasteiger partial charge in [0.15, 0.2) is 28.1 Å². The van der Waals surface area contributed by atoms with E-state index in [9.17, 15) is 28.6 Å². The number of aliphatic hydroxyl groups is 1. The van der Waals surface area contributed by atoms with Crippen molar-refractivity contribution in [1.82, 2.24) is 20.1 Å². The van der Waals surface area contributed by atoms with E-state index in [0.29, 0.717) is 11.4 Å². The number of carboxylic acids is 1. The number of benzene rings is 1. The lowest BCUT2D eigenvalue weighted by Gasteiger charge is -2.31. The molecule has 0 saturated carbocycles. The van der Waals surface area contributed by atoms with Crippen molar-refractivity contribution in [2.24, 2.45) is 4.99 Å². The summed E-state index contributed by atoms with van der Waals surface area (Å²) < 4.78 is 64.5. The van der Waals surface area contributed by atoms with Crippen molar-refractivity contribution in [2.75, 3.05) is 33.3 Å². The van der Waals surface area contributed by atoms with Crippen LogP contribution in [0, 0.1) is 11.6 Å². The molecule has 0 bridgehead atoms. The Morgan fingerprint density at radius 3 is 2.70 bits per heavy atom. The fourth-order valence-corrected chi connectivity index (χ4v) is 6.69. The van der Waals surface area contributed by atoms with E-state index in [0.717, 1.165) is 20.1 Å². The lowest BCUT2D eigenvalue weighted by atomic mass is 9.95. The van der Waals surface area contributed by atoms with Gasteiger partial charge in [0.05, 0.1) is 30.3 Å². The molecular weight excluding hydrogens is 618 g/mol. The molecule has 0 radical (unpaired) electrons. The van der Waals surface area contributed by atoms with Gasteiger partial charge in [-0.25, -0.2) is 32.1 Å². The molecule has 2 aromatic rings. The predicted molar refractivity (Wildman–Crippen MR) is 148 cm³/mol. The number of methoxy groups -OCH3 is 1. The number of amidine groups is 1. The van der Waals surface area contributed by atoms with Crippen molar-refractivity contribution in [3.63, 3.8) is 0 Å². The number of likely N-dealkylation sites (tertiary alicyclic amines) is 2. The van der Waals surface area contributed by atoms with Crippen LogP contribution in [0.25, 0.3) is 0 Å². The highest BCUT2D eigenvalue weighted by Gasteiger charge is 2.59. The molecule has 1 aromatic carbocycles. The molecule has 4 atom stereocenters. The Labute approximate surface area is 252 Å². The van der Waals surface area contributed by atoms with Crippen molar-refractivity contribution in [2.45, 2.75) is 49.4 Å². The number of hydrogen-bond acceptors (Lipinski definition) is 10. The maximum atomic E-state index is 15.5. The van der Waals surface area contributed by atoms with Crippen molar-refractivity contribution >= 4 is 40.7 Å². The van der Waals surface area contributed by atoms with Gasteiger partial charge in [0.1, 0.15) is 6.04 Å². The van der Waals surface area contributed by atoms with Crippen LogP contribution in [-0.4, -0.2) is 99.7 Å². The minimum Gasteiger partial charge on any atom is -0.479 e. The lowest BCUT2D eigenvalue weighted by molar-refractivity contribution is -0.157. The van der Waals surface area contributed by atoms with Gasteiger partial charge < -0.3 is 20.3 Å². The molecule has 2 saturated heterocycles. The molecular formula is C27H28ClF4N5O5S. The van der Waals surface area contributed by atoms with Crippen LogP contribution in [0.15, 0.2) is 40.0 Å². The van der Waals surface area contributed by atoms with Crippen LogP contribution in [-0.2, 0) is 14.3 Å². The molecule has 0 amide bonds. The molecule has 16 heteroatoms. The summed E-state index contributed by atoms with van der Waals surface area (Å²) in [5.74, 6) is -7.87. The molecule has 0 unspecified atom stereocenters. The first-order chi connectivity index (χ1) is 20.2.